The highest BCUT2D eigenvalue weighted by Crippen LogP contribution is 2.20. The Kier molecular flexibility index (Phi) is 5.07. The summed E-state index contributed by atoms with van der Waals surface area (Å²) in [5.41, 5.74) is 2.11. The van der Waals surface area contributed by atoms with Crippen LogP contribution in [0.3, 0.4) is 0 Å². The Morgan fingerprint density at radius 3 is 2.74 bits per heavy atom. The largest absolute Gasteiger partial charge is 0.372 e. The van der Waals surface area contributed by atoms with Crippen molar-refractivity contribution in [2.24, 2.45) is 0 Å². The molecule has 0 aliphatic heterocycles. The van der Waals surface area contributed by atoms with Gasteiger partial charge in [0, 0.05) is 18.9 Å². The molecule has 2 heterocycles. The molecule has 2 aromatic rings. The maximum absolute atomic E-state index is 4.67. The van der Waals surface area contributed by atoms with Crippen molar-refractivity contribution in [2.45, 2.75) is 26.2 Å². The normalized spacial score (nSPS) is 10.5. The number of nitrogens with one attached hydrogen (secondary N) is 1. The van der Waals surface area contributed by atoms with Crippen LogP contribution in [0, 0.1) is 3.57 Å². The fourth-order valence-electron chi connectivity index (χ4n) is 1.86. The molecule has 5 heteroatoms. The van der Waals surface area contributed by atoms with Crippen LogP contribution in [0.15, 0.2) is 24.4 Å². The number of aryl methyl sites for hydroxylation is 1. The summed E-state index contributed by atoms with van der Waals surface area (Å²) in [6, 6.07) is 5.90. The molecule has 0 saturated heterocycles. The first-order chi connectivity index (χ1) is 9.24. The van der Waals surface area contributed by atoms with Crippen LogP contribution in [-0.2, 0) is 12.8 Å². The van der Waals surface area contributed by atoms with Crippen LogP contribution in [0.4, 0.5) is 5.82 Å². The van der Waals surface area contributed by atoms with Gasteiger partial charge >= 0.3 is 0 Å². The van der Waals surface area contributed by atoms with E-state index >= 15 is 0 Å². The molecule has 4 nitrogen and oxygen atoms in total. The summed E-state index contributed by atoms with van der Waals surface area (Å²) < 4.78 is 1.12. The van der Waals surface area contributed by atoms with Crippen molar-refractivity contribution < 1.29 is 0 Å². The molecule has 0 unspecified atom stereocenters. The van der Waals surface area contributed by atoms with Crippen molar-refractivity contribution in [3.63, 3.8) is 0 Å². The predicted molar refractivity (Wildman–Crippen MR) is 85.3 cm³/mol. The lowest BCUT2D eigenvalue weighted by Crippen LogP contribution is -2.08. The van der Waals surface area contributed by atoms with Gasteiger partial charge in [-0.2, -0.15) is 0 Å². The first kappa shape index (κ1) is 14.2. The molecule has 2 aromatic heterocycles. The number of rotatable bonds is 5. The van der Waals surface area contributed by atoms with Gasteiger partial charge in [-0.05, 0) is 41.1 Å². The maximum atomic E-state index is 4.67. The molecule has 0 radical (unpaired) electrons. The summed E-state index contributed by atoms with van der Waals surface area (Å²) in [5, 5.41) is 3.14. The SMILES string of the molecule is CCCc1nc(Cc2ccccn2)nc(NC)c1I. The zero-order valence-electron chi connectivity index (χ0n) is 11.2. The average Bonchev–Trinajstić information content (AvgIpc) is 2.43. The highest BCUT2D eigenvalue weighted by atomic mass is 127. The molecule has 0 atom stereocenters. The molecular formula is C14H17IN4. The number of pyridine rings is 1. The second-order valence-corrected chi connectivity index (χ2v) is 5.33. The summed E-state index contributed by atoms with van der Waals surface area (Å²) in [4.78, 5) is 13.6. The Hall–Kier alpha value is -1.24. The van der Waals surface area contributed by atoms with E-state index in [-0.39, 0.29) is 0 Å². The van der Waals surface area contributed by atoms with E-state index in [1.807, 2.05) is 25.2 Å². The molecule has 0 aliphatic rings. The maximum Gasteiger partial charge on any atom is 0.143 e. The first-order valence-electron chi connectivity index (χ1n) is 6.37. The van der Waals surface area contributed by atoms with Crippen molar-refractivity contribution in [1.82, 2.24) is 15.0 Å². The molecular weight excluding hydrogens is 351 g/mol. The van der Waals surface area contributed by atoms with E-state index in [1.54, 1.807) is 6.20 Å². The van der Waals surface area contributed by atoms with Gasteiger partial charge in [0.05, 0.1) is 15.7 Å². The molecule has 0 saturated carbocycles. The van der Waals surface area contributed by atoms with Crippen LogP contribution in [-0.4, -0.2) is 22.0 Å². The van der Waals surface area contributed by atoms with E-state index in [2.05, 4.69) is 49.8 Å². The second kappa shape index (κ2) is 6.79. The third-order valence-corrected chi connectivity index (χ3v) is 3.89. The molecule has 0 spiro atoms. The van der Waals surface area contributed by atoms with Crippen LogP contribution in [0.1, 0.15) is 30.6 Å². The van der Waals surface area contributed by atoms with Gasteiger partial charge in [-0.1, -0.05) is 19.4 Å². The quantitative estimate of drug-likeness (QED) is 0.825. The highest BCUT2D eigenvalue weighted by molar-refractivity contribution is 14.1. The molecule has 0 fully saturated rings. The summed E-state index contributed by atoms with van der Waals surface area (Å²) >= 11 is 2.31. The third-order valence-electron chi connectivity index (χ3n) is 2.76. The Morgan fingerprint density at radius 2 is 2.11 bits per heavy atom. The summed E-state index contributed by atoms with van der Waals surface area (Å²) in [6.45, 7) is 2.16. The van der Waals surface area contributed by atoms with Crippen molar-refractivity contribution in [3.8, 4) is 0 Å². The third kappa shape index (κ3) is 3.62. The lowest BCUT2D eigenvalue weighted by atomic mass is 10.2. The topological polar surface area (TPSA) is 50.7 Å². The lowest BCUT2D eigenvalue weighted by molar-refractivity contribution is 0.829. The van der Waals surface area contributed by atoms with Gasteiger partial charge in [-0.25, -0.2) is 9.97 Å². The van der Waals surface area contributed by atoms with E-state index in [0.717, 1.165) is 39.4 Å². The highest BCUT2D eigenvalue weighted by Gasteiger charge is 2.11. The van der Waals surface area contributed by atoms with E-state index < -0.39 is 0 Å². The Labute approximate surface area is 127 Å². The fourth-order valence-corrected chi connectivity index (χ4v) is 2.64. The summed E-state index contributed by atoms with van der Waals surface area (Å²) in [5.74, 6) is 1.73. The molecule has 0 bridgehead atoms. The number of hydrogen-bond donors (Lipinski definition) is 1. The minimum Gasteiger partial charge on any atom is -0.372 e. The Balaban J connectivity index is 2.32. The molecule has 0 aromatic carbocycles. The first-order valence-corrected chi connectivity index (χ1v) is 7.45. The van der Waals surface area contributed by atoms with Crippen molar-refractivity contribution in [2.75, 3.05) is 12.4 Å². The van der Waals surface area contributed by atoms with Gasteiger partial charge in [-0.15, -0.1) is 0 Å². The van der Waals surface area contributed by atoms with Gasteiger partial charge in [-0.3, -0.25) is 4.98 Å². The fraction of sp³-hybridized carbons (Fsp3) is 0.357. The molecule has 19 heavy (non-hydrogen) atoms. The van der Waals surface area contributed by atoms with E-state index in [4.69, 9.17) is 0 Å². The van der Waals surface area contributed by atoms with Gasteiger partial charge in [0.1, 0.15) is 11.6 Å². The second-order valence-electron chi connectivity index (χ2n) is 4.25. The van der Waals surface area contributed by atoms with Crippen molar-refractivity contribution in [1.29, 1.82) is 0 Å². The van der Waals surface area contributed by atoms with Crippen LogP contribution in [0.5, 0.6) is 0 Å². The number of hydrogen-bond acceptors (Lipinski definition) is 4. The van der Waals surface area contributed by atoms with Gasteiger partial charge in [0.15, 0.2) is 0 Å². The minimum absolute atomic E-state index is 0.670. The van der Waals surface area contributed by atoms with Crippen molar-refractivity contribution >= 4 is 28.4 Å². The predicted octanol–water partition coefficient (Wildman–Crippen LogP) is 3.06. The molecule has 0 aliphatic carbocycles. The van der Waals surface area contributed by atoms with Crippen LogP contribution < -0.4 is 5.32 Å². The summed E-state index contributed by atoms with van der Waals surface area (Å²) in [6.07, 6.45) is 4.53. The number of anilines is 1. The Morgan fingerprint density at radius 1 is 1.26 bits per heavy atom. The van der Waals surface area contributed by atoms with Crippen LogP contribution >= 0.6 is 22.6 Å². The number of aromatic nitrogens is 3. The number of halogens is 1. The van der Waals surface area contributed by atoms with Crippen molar-refractivity contribution in [3.05, 3.63) is 45.2 Å². The van der Waals surface area contributed by atoms with Crippen LogP contribution in [0.25, 0.3) is 0 Å². The van der Waals surface area contributed by atoms with E-state index in [9.17, 15) is 0 Å². The zero-order valence-corrected chi connectivity index (χ0v) is 13.3. The molecule has 1 N–H and O–H groups in total. The zero-order chi connectivity index (χ0) is 13.7. The molecule has 0 amide bonds. The Bertz CT molecular complexity index is 543. The number of nitrogens with zero attached hydrogens (tertiary/aromatic N) is 3. The smallest absolute Gasteiger partial charge is 0.143 e. The van der Waals surface area contributed by atoms with Gasteiger partial charge in [0.2, 0.25) is 0 Å². The van der Waals surface area contributed by atoms with Gasteiger partial charge in [0.25, 0.3) is 0 Å². The van der Waals surface area contributed by atoms with E-state index in [1.165, 1.54) is 0 Å². The molecule has 100 valence electrons. The lowest BCUT2D eigenvalue weighted by Gasteiger charge is -2.10. The molecule has 2 rings (SSSR count). The monoisotopic (exact) mass is 368 g/mol. The summed E-state index contributed by atoms with van der Waals surface area (Å²) in [7, 11) is 1.89. The minimum atomic E-state index is 0.670. The average molecular weight is 368 g/mol. The van der Waals surface area contributed by atoms with Gasteiger partial charge < -0.3 is 5.32 Å². The van der Waals surface area contributed by atoms with Crippen LogP contribution in [0.2, 0.25) is 0 Å². The standard InChI is InChI=1S/C14H17IN4/c1-3-6-11-13(15)14(16-2)19-12(18-11)9-10-7-4-5-8-17-10/h4-5,7-8H,3,6,9H2,1-2H3,(H,16,18,19). The van der Waals surface area contributed by atoms with E-state index in [0.29, 0.717) is 6.42 Å².